The number of rotatable bonds is 9. The molecule has 0 bridgehead atoms. The Morgan fingerprint density at radius 3 is 2.53 bits per heavy atom. The second-order valence-corrected chi connectivity index (χ2v) is 8.23. The summed E-state index contributed by atoms with van der Waals surface area (Å²) < 4.78 is 10.7. The molecule has 0 saturated carbocycles. The molecule has 0 saturated heterocycles. The van der Waals surface area contributed by atoms with Gasteiger partial charge in [0.1, 0.15) is 0 Å². The highest BCUT2D eigenvalue weighted by atomic mass is 16.5. The number of anilines is 1. The summed E-state index contributed by atoms with van der Waals surface area (Å²) in [5.74, 6) is 0.975. The average Bonchev–Trinajstić information content (AvgIpc) is 2.85. The van der Waals surface area contributed by atoms with E-state index in [-0.39, 0.29) is 11.9 Å². The van der Waals surface area contributed by atoms with Gasteiger partial charge in [-0.3, -0.25) is 9.69 Å². The zero-order chi connectivity index (χ0) is 24.7. The monoisotopic (exact) mass is 468 g/mol. The fourth-order valence-electron chi connectivity index (χ4n) is 3.80. The van der Waals surface area contributed by atoms with E-state index in [0.717, 1.165) is 12.1 Å². The van der Waals surface area contributed by atoms with E-state index in [1.165, 1.54) is 9.91 Å². The van der Waals surface area contributed by atoms with E-state index in [4.69, 9.17) is 9.47 Å². The van der Waals surface area contributed by atoms with Crippen LogP contribution in [-0.4, -0.2) is 68.4 Å². The summed E-state index contributed by atoms with van der Waals surface area (Å²) in [6, 6.07) is 12.2. The smallest absolute Gasteiger partial charge is 0.411 e. The van der Waals surface area contributed by atoms with Crippen LogP contribution in [-0.2, 0) is 0 Å². The number of nitrogens with zero attached hydrogens (tertiary/aromatic N) is 3. The van der Waals surface area contributed by atoms with Crippen LogP contribution in [0, 0.1) is 0 Å². The summed E-state index contributed by atoms with van der Waals surface area (Å²) in [6.07, 6.45) is 3.94. The third-order valence-electron chi connectivity index (χ3n) is 5.57. The van der Waals surface area contributed by atoms with Crippen molar-refractivity contribution in [3.05, 3.63) is 65.9 Å². The molecule has 1 unspecified atom stereocenters. The van der Waals surface area contributed by atoms with Gasteiger partial charge in [0.25, 0.3) is 5.91 Å². The number of carbonyl (C=O) groups is 2. The molecular formula is C25H32N4O5. The van der Waals surface area contributed by atoms with Gasteiger partial charge in [0, 0.05) is 24.0 Å². The van der Waals surface area contributed by atoms with Crippen molar-refractivity contribution < 1.29 is 24.2 Å². The zero-order valence-corrected chi connectivity index (χ0v) is 20.0. The molecule has 2 N–H and O–H groups in total. The number of nitrogens with one attached hydrogen (secondary N) is 1. The standard InChI is InChI=1S/C25H32N4O5/c1-27(2)13-7-14-28(25(31)32)20-9-5-8-19(16-20)24(30)29-15-6-10-21(26-29)18-11-12-22(33-3)23(17-18)34-4/h5-6,8-9,11-12,15-17,21,26H,7,10,13-14H2,1-4H3,(H,31,32). The molecule has 3 rings (SSSR count). The predicted molar refractivity (Wildman–Crippen MR) is 130 cm³/mol. The molecule has 1 aliphatic heterocycles. The van der Waals surface area contributed by atoms with Gasteiger partial charge in [-0.1, -0.05) is 18.2 Å². The molecule has 182 valence electrons. The number of hydrogen-bond acceptors (Lipinski definition) is 6. The lowest BCUT2D eigenvalue weighted by atomic mass is 10.0. The van der Waals surface area contributed by atoms with E-state index in [2.05, 4.69) is 5.43 Å². The number of methoxy groups -OCH3 is 2. The maximum atomic E-state index is 13.2. The van der Waals surface area contributed by atoms with Crippen molar-refractivity contribution in [2.45, 2.75) is 18.9 Å². The molecule has 9 heteroatoms. The molecule has 2 aromatic rings. The van der Waals surface area contributed by atoms with Crippen molar-refractivity contribution in [1.29, 1.82) is 0 Å². The van der Waals surface area contributed by atoms with Crippen LogP contribution < -0.4 is 19.8 Å². The van der Waals surface area contributed by atoms with Gasteiger partial charge in [-0.25, -0.2) is 15.2 Å². The first-order chi connectivity index (χ1) is 16.3. The Morgan fingerprint density at radius 2 is 1.85 bits per heavy atom. The highest BCUT2D eigenvalue weighted by Crippen LogP contribution is 2.32. The number of hydrazine groups is 1. The first-order valence-electron chi connectivity index (χ1n) is 11.1. The van der Waals surface area contributed by atoms with E-state index < -0.39 is 6.09 Å². The highest BCUT2D eigenvalue weighted by molar-refractivity contribution is 5.97. The Kier molecular flexibility index (Phi) is 8.50. The third-order valence-corrected chi connectivity index (χ3v) is 5.57. The second kappa shape index (κ2) is 11.5. The molecule has 0 radical (unpaired) electrons. The number of carboxylic acid groups (broad SMARTS) is 1. The van der Waals surface area contributed by atoms with Crippen molar-refractivity contribution >= 4 is 17.7 Å². The largest absolute Gasteiger partial charge is 0.493 e. The van der Waals surface area contributed by atoms with Crippen molar-refractivity contribution in [2.24, 2.45) is 0 Å². The topological polar surface area (TPSA) is 94.6 Å². The predicted octanol–water partition coefficient (Wildman–Crippen LogP) is 3.75. The average molecular weight is 469 g/mol. The molecule has 0 aliphatic carbocycles. The molecule has 0 spiro atoms. The summed E-state index contributed by atoms with van der Waals surface area (Å²) in [5, 5.41) is 11.1. The summed E-state index contributed by atoms with van der Waals surface area (Å²) in [5.41, 5.74) is 5.05. The van der Waals surface area contributed by atoms with Crippen LogP contribution >= 0.6 is 0 Å². The summed E-state index contributed by atoms with van der Waals surface area (Å²) >= 11 is 0. The summed E-state index contributed by atoms with van der Waals surface area (Å²) in [4.78, 5) is 28.3. The van der Waals surface area contributed by atoms with Gasteiger partial charge in [0.15, 0.2) is 11.5 Å². The Labute approximate surface area is 200 Å². The van der Waals surface area contributed by atoms with Gasteiger partial charge in [-0.2, -0.15) is 0 Å². The molecule has 1 atom stereocenters. The quantitative estimate of drug-likeness (QED) is 0.579. The Hall–Kier alpha value is -3.56. The second-order valence-electron chi connectivity index (χ2n) is 8.23. The van der Waals surface area contributed by atoms with Crippen molar-refractivity contribution in [3.63, 3.8) is 0 Å². The maximum Gasteiger partial charge on any atom is 0.411 e. The van der Waals surface area contributed by atoms with Crippen molar-refractivity contribution in [3.8, 4) is 11.5 Å². The van der Waals surface area contributed by atoms with Crippen LogP contribution in [0.1, 0.15) is 34.8 Å². The number of carbonyl (C=O) groups excluding carboxylic acids is 1. The van der Waals surface area contributed by atoms with Gasteiger partial charge in [0.2, 0.25) is 0 Å². The van der Waals surface area contributed by atoms with Gasteiger partial charge in [-0.15, -0.1) is 0 Å². The summed E-state index contributed by atoms with van der Waals surface area (Å²) in [7, 11) is 7.05. The van der Waals surface area contributed by atoms with Crippen LogP contribution in [0.15, 0.2) is 54.7 Å². The maximum absolute atomic E-state index is 13.2. The molecule has 2 amide bonds. The number of amides is 2. The van der Waals surface area contributed by atoms with Crippen LogP contribution in [0.4, 0.5) is 10.5 Å². The first-order valence-corrected chi connectivity index (χ1v) is 11.1. The lowest BCUT2D eigenvalue weighted by Crippen LogP contribution is -2.43. The molecule has 0 fully saturated rings. The van der Waals surface area contributed by atoms with E-state index in [1.807, 2.05) is 43.3 Å². The third kappa shape index (κ3) is 6.06. The Morgan fingerprint density at radius 1 is 1.09 bits per heavy atom. The van der Waals surface area contributed by atoms with E-state index in [1.54, 1.807) is 44.7 Å². The molecule has 9 nitrogen and oxygen atoms in total. The molecule has 34 heavy (non-hydrogen) atoms. The first kappa shape index (κ1) is 25.1. The number of ether oxygens (including phenoxy) is 2. The van der Waals surface area contributed by atoms with Crippen LogP contribution in [0.2, 0.25) is 0 Å². The molecule has 1 aliphatic rings. The van der Waals surface area contributed by atoms with Gasteiger partial charge in [-0.05, 0) is 69.4 Å². The molecule has 2 aromatic carbocycles. The van der Waals surface area contributed by atoms with Gasteiger partial charge in [0.05, 0.1) is 20.3 Å². The van der Waals surface area contributed by atoms with Crippen molar-refractivity contribution in [1.82, 2.24) is 15.3 Å². The van der Waals surface area contributed by atoms with E-state index in [9.17, 15) is 14.7 Å². The fourth-order valence-corrected chi connectivity index (χ4v) is 3.80. The normalized spacial score (nSPS) is 15.3. The number of benzene rings is 2. The van der Waals surface area contributed by atoms with E-state index in [0.29, 0.717) is 42.1 Å². The Bertz CT molecular complexity index is 1040. The molecule has 0 aromatic heterocycles. The van der Waals surface area contributed by atoms with Crippen molar-refractivity contribution in [2.75, 3.05) is 46.3 Å². The highest BCUT2D eigenvalue weighted by Gasteiger charge is 2.24. The fraction of sp³-hybridized carbons (Fsp3) is 0.360. The van der Waals surface area contributed by atoms with Crippen LogP contribution in [0.25, 0.3) is 0 Å². The zero-order valence-electron chi connectivity index (χ0n) is 20.0. The lowest BCUT2D eigenvalue weighted by Gasteiger charge is -2.30. The SMILES string of the molecule is COc1ccc(C2CC=CN(C(=O)c3cccc(N(CCCN(C)C)C(=O)O)c3)N2)cc1OC. The van der Waals surface area contributed by atoms with Crippen LogP contribution in [0.3, 0.4) is 0 Å². The molecule has 1 heterocycles. The Balaban J connectivity index is 1.76. The molecular weight excluding hydrogens is 436 g/mol. The lowest BCUT2D eigenvalue weighted by molar-refractivity contribution is 0.0713. The van der Waals surface area contributed by atoms with E-state index >= 15 is 0 Å². The minimum absolute atomic E-state index is 0.140. The minimum atomic E-state index is -1.05. The minimum Gasteiger partial charge on any atom is -0.493 e. The van der Waals surface area contributed by atoms with Gasteiger partial charge < -0.3 is 19.5 Å². The van der Waals surface area contributed by atoms with Gasteiger partial charge >= 0.3 is 6.09 Å². The summed E-state index contributed by atoms with van der Waals surface area (Å²) in [6.45, 7) is 1.11. The van der Waals surface area contributed by atoms with Crippen LogP contribution in [0.5, 0.6) is 11.5 Å². The number of hydrogen-bond donors (Lipinski definition) is 2.